The third-order valence-electron chi connectivity index (χ3n) is 6.34. The fraction of sp³-hybridized carbons (Fsp3) is 0.536. The lowest BCUT2D eigenvalue weighted by Crippen LogP contribution is -2.66. The first kappa shape index (κ1) is 28.6. The van der Waals surface area contributed by atoms with Crippen molar-refractivity contribution >= 4 is 30.1 Å². The lowest BCUT2D eigenvalue weighted by atomic mass is 9.84. The molecular weight excluding hydrogens is 456 g/mol. The summed E-state index contributed by atoms with van der Waals surface area (Å²) in [6.07, 6.45) is 1.48. The highest BCUT2D eigenvalue weighted by Crippen LogP contribution is 2.37. The molecule has 2 atom stereocenters. The normalized spacial score (nSPS) is 14.9. The van der Waals surface area contributed by atoms with Crippen LogP contribution in [0.25, 0.3) is 0 Å². The first-order chi connectivity index (χ1) is 15.8. The van der Waals surface area contributed by atoms with E-state index < -0.39 is 29.8 Å². The van der Waals surface area contributed by atoms with Crippen LogP contribution >= 0.6 is 0 Å². The van der Waals surface area contributed by atoms with Gasteiger partial charge in [0.1, 0.15) is 4.75 Å². The summed E-state index contributed by atoms with van der Waals surface area (Å²) in [6, 6.07) is 23.4. The maximum absolute atomic E-state index is 12.8. The Bertz CT molecular complexity index is 891. The molecule has 0 spiro atoms. The van der Waals surface area contributed by atoms with Gasteiger partial charge in [0.15, 0.2) is 0 Å². The van der Waals surface area contributed by atoms with Crippen LogP contribution in [0.5, 0.6) is 0 Å². The van der Waals surface area contributed by atoms with Gasteiger partial charge in [-0.25, -0.2) is 0 Å². The molecule has 0 heterocycles. The standard InChI is InChI=1S/C28H42N2O2SSi/c1-26(2,3)33(31)30-25(28(7,8)22-29)20-15-21-32-34(27(4,5)6,23-16-11-9-12-17-23)24-18-13-10-14-19-24/h9-14,16-19,25,30H,15,20-21H2,1-8H3/t25?,33-/m0/s1. The highest BCUT2D eigenvalue weighted by Gasteiger charge is 2.50. The summed E-state index contributed by atoms with van der Waals surface area (Å²) in [5.41, 5.74) is -0.641. The lowest BCUT2D eigenvalue weighted by molar-refractivity contribution is 0.260. The monoisotopic (exact) mass is 498 g/mol. The van der Waals surface area contributed by atoms with Crippen LogP contribution < -0.4 is 15.1 Å². The molecule has 0 aromatic heterocycles. The molecule has 0 aliphatic rings. The average Bonchev–Trinajstić information content (AvgIpc) is 2.77. The van der Waals surface area contributed by atoms with Crippen molar-refractivity contribution in [3.05, 3.63) is 60.7 Å². The van der Waals surface area contributed by atoms with Crippen molar-refractivity contribution in [2.24, 2.45) is 5.41 Å². The minimum Gasteiger partial charge on any atom is -0.598 e. The van der Waals surface area contributed by atoms with Gasteiger partial charge in [0.2, 0.25) is 0 Å². The van der Waals surface area contributed by atoms with Gasteiger partial charge in [0.25, 0.3) is 8.32 Å². The Morgan fingerprint density at radius 1 is 0.912 bits per heavy atom. The number of hydrogen-bond acceptors (Lipinski definition) is 4. The first-order valence-electron chi connectivity index (χ1n) is 12.1. The molecule has 0 aliphatic heterocycles. The average molecular weight is 499 g/mol. The molecule has 186 valence electrons. The molecule has 0 amide bonds. The van der Waals surface area contributed by atoms with Crippen molar-refractivity contribution in [1.29, 1.82) is 5.26 Å². The Kier molecular flexibility index (Phi) is 9.60. The molecule has 34 heavy (non-hydrogen) atoms. The van der Waals surface area contributed by atoms with Gasteiger partial charge < -0.3 is 8.98 Å². The van der Waals surface area contributed by atoms with Crippen LogP contribution in [0.3, 0.4) is 0 Å². The third kappa shape index (κ3) is 6.74. The summed E-state index contributed by atoms with van der Waals surface area (Å²) in [7, 11) is -2.58. The van der Waals surface area contributed by atoms with Crippen molar-refractivity contribution < 1.29 is 8.98 Å². The summed E-state index contributed by atoms with van der Waals surface area (Å²) < 4.78 is 22.6. The van der Waals surface area contributed by atoms with Crippen molar-refractivity contribution in [2.75, 3.05) is 6.61 Å². The third-order valence-corrected chi connectivity index (χ3v) is 13.0. The number of rotatable bonds is 10. The molecule has 2 aromatic carbocycles. The Morgan fingerprint density at radius 2 is 1.38 bits per heavy atom. The summed E-state index contributed by atoms with van der Waals surface area (Å²) in [6.45, 7) is 17.0. The van der Waals surface area contributed by atoms with E-state index in [4.69, 9.17) is 4.43 Å². The van der Waals surface area contributed by atoms with E-state index in [1.165, 1.54) is 10.4 Å². The van der Waals surface area contributed by atoms with Crippen LogP contribution in [0.1, 0.15) is 68.2 Å². The van der Waals surface area contributed by atoms with E-state index in [9.17, 15) is 9.81 Å². The number of benzene rings is 2. The summed E-state index contributed by atoms with van der Waals surface area (Å²) in [5.74, 6) is 0. The molecule has 1 N–H and O–H groups in total. The lowest BCUT2D eigenvalue weighted by Gasteiger charge is -2.43. The fourth-order valence-corrected chi connectivity index (χ4v) is 9.86. The first-order valence-corrected chi connectivity index (χ1v) is 15.2. The van der Waals surface area contributed by atoms with Crippen molar-refractivity contribution in [1.82, 2.24) is 4.72 Å². The molecule has 0 saturated heterocycles. The smallest absolute Gasteiger partial charge is 0.261 e. The number of nitriles is 1. The predicted molar refractivity (Wildman–Crippen MR) is 147 cm³/mol. The van der Waals surface area contributed by atoms with Crippen LogP contribution in [0.2, 0.25) is 5.04 Å². The summed E-state index contributed by atoms with van der Waals surface area (Å²) >= 11 is -1.24. The number of hydrogen-bond donors (Lipinski definition) is 1. The molecule has 0 saturated carbocycles. The van der Waals surface area contributed by atoms with E-state index in [0.29, 0.717) is 13.0 Å². The summed E-state index contributed by atoms with van der Waals surface area (Å²) in [4.78, 5) is 0. The molecule has 0 radical (unpaired) electrons. The Morgan fingerprint density at radius 3 is 1.76 bits per heavy atom. The number of nitrogens with zero attached hydrogens (tertiary/aromatic N) is 1. The second kappa shape index (κ2) is 11.4. The van der Waals surface area contributed by atoms with E-state index >= 15 is 0 Å². The topological polar surface area (TPSA) is 68.1 Å². The Labute approximate surface area is 211 Å². The highest BCUT2D eigenvalue weighted by molar-refractivity contribution is 7.90. The van der Waals surface area contributed by atoms with Gasteiger partial charge in [-0.05, 0) is 62.9 Å². The van der Waals surface area contributed by atoms with Gasteiger partial charge in [0.05, 0.1) is 17.5 Å². The molecule has 0 fully saturated rings. The van der Waals surface area contributed by atoms with Gasteiger partial charge >= 0.3 is 0 Å². The second-order valence-corrected chi connectivity index (χ2v) is 17.8. The highest BCUT2D eigenvalue weighted by atomic mass is 32.2. The van der Waals surface area contributed by atoms with Gasteiger partial charge in [-0.15, -0.1) is 4.72 Å². The van der Waals surface area contributed by atoms with E-state index in [0.717, 1.165) is 6.42 Å². The second-order valence-electron chi connectivity index (χ2n) is 11.5. The molecule has 0 aliphatic carbocycles. The quantitative estimate of drug-likeness (QED) is 0.274. The largest absolute Gasteiger partial charge is 0.598 e. The maximum atomic E-state index is 12.8. The zero-order valence-corrected chi connectivity index (χ0v) is 24.0. The zero-order valence-electron chi connectivity index (χ0n) is 22.1. The minimum atomic E-state index is -2.58. The molecule has 0 bridgehead atoms. The van der Waals surface area contributed by atoms with Gasteiger partial charge in [-0.3, -0.25) is 0 Å². The van der Waals surface area contributed by atoms with E-state index in [2.05, 4.69) is 80.1 Å². The van der Waals surface area contributed by atoms with Crippen LogP contribution in [0.4, 0.5) is 0 Å². The molecule has 6 heteroatoms. The van der Waals surface area contributed by atoms with Gasteiger partial charge in [-0.1, -0.05) is 81.4 Å². The molecule has 2 aromatic rings. The molecular formula is C28H42N2O2SSi. The van der Waals surface area contributed by atoms with E-state index in [-0.39, 0.29) is 11.1 Å². The maximum Gasteiger partial charge on any atom is 0.261 e. The van der Waals surface area contributed by atoms with Crippen molar-refractivity contribution in [3.63, 3.8) is 0 Å². The fourth-order valence-electron chi connectivity index (χ4n) is 4.23. The van der Waals surface area contributed by atoms with Gasteiger partial charge in [0, 0.05) is 18.0 Å². The van der Waals surface area contributed by atoms with Crippen molar-refractivity contribution in [3.8, 4) is 6.07 Å². The minimum absolute atomic E-state index is 0.0764. The SMILES string of the molecule is CC(C)(C#N)C(CCCO[Si](c1ccccc1)(c1ccccc1)C(C)(C)C)N[S@@+]([O-])C(C)(C)C. The van der Waals surface area contributed by atoms with Crippen molar-refractivity contribution in [2.45, 2.75) is 84.1 Å². The van der Waals surface area contributed by atoms with E-state index in [1.54, 1.807) is 0 Å². The van der Waals surface area contributed by atoms with Crippen LogP contribution in [0, 0.1) is 16.7 Å². The Balaban J connectivity index is 2.29. The summed E-state index contributed by atoms with van der Waals surface area (Å²) in [5, 5.41) is 12.2. The van der Waals surface area contributed by atoms with Crippen LogP contribution in [-0.2, 0) is 15.8 Å². The molecule has 2 rings (SSSR count). The van der Waals surface area contributed by atoms with Crippen LogP contribution in [-0.4, -0.2) is 30.3 Å². The number of nitrogens with one attached hydrogen (secondary N) is 1. The predicted octanol–water partition coefficient (Wildman–Crippen LogP) is 5.31. The van der Waals surface area contributed by atoms with Gasteiger partial charge in [-0.2, -0.15) is 5.26 Å². The Hall–Kier alpha value is -1.62. The molecule has 1 unspecified atom stereocenters. The molecule has 4 nitrogen and oxygen atoms in total. The zero-order chi connectivity index (χ0) is 25.6. The van der Waals surface area contributed by atoms with Crippen LogP contribution in [0.15, 0.2) is 60.7 Å². The van der Waals surface area contributed by atoms with E-state index in [1.807, 2.05) is 46.8 Å².